The van der Waals surface area contributed by atoms with E-state index in [9.17, 15) is 22.8 Å². The van der Waals surface area contributed by atoms with Crippen LogP contribution in [0.15, 0.2) is 47.4 Å². The maximum absolute atomic E-state index is 12.5. The van der Waals surface area contributed by atoms with E-state index < -0.39 is 21.8 Å². The highest BCUT2D eigenvalue weighted by atomic mass is 32.2. The molecule has 0 aliphatic carbocycles. The number of aliphatic carboxylic acids is 2. The van der Waals surface area contributed by atoms with Crippen LogP contribution >= 0.6 is 0 Å². The molecule has 2 amide bonds. The molecule has 3 N–H and O–H groups in total. The molecule has 0 radical (unpaired) electrons. The predicted molar refractivity (Wildman–Crippen MR) is 125 cm³/mol. The first-order chi connectivity index (χ1) is 16.0. The van der Waals surface area contributed by atoms with Crippen LogP contribution in [0.1, 0.15) is 13.8 Å². The first kappa shape index (κ1) is 29.1. The Bertz CT molecular complexity index is 897. The second-order valence-electron chi connectivity index (χ2n) is 7.61. The fraction of sp³-hybridized carbons (Fsp3) is 0.500. The monoisotopic (exact) mass is 499 g/mol. The van der Waals surface area contributed by atoms with Gasteiger partial charge in [-0.05, 0) is 26.0 Å². The molecular weight excluding hydrogens is 466 g/mol. The summed E-state index contributed by atoms with van der Waals surface area (Å²) < 4.78 is 30.2. The molecule has 12 heteroatoms. The Balaban J connectivity index is 0.000000620. The van der Waals surface area contributed by atoms with Crippen LogP contribution in [0.2, 0.25) is 0 Å². The van der Waals surface area contributed by atoms with Gasteiger partial charge in [-0.15, -0.1) is 0 Å². The summed E-state index contributed by atoms with van der Waals surface area (Å²) in [6.07, 6.45) is 1.12. The maximum Gasteiger partial charge on any atom is 0.328 e. The van der Waals surface area contributed by atoms with E-state index in [4.69, 9.17) is 14.9 Å². The highest BCUT2D eigenvalue weighted by Gasteiger charge is 2.21. The van der Waals surface area contributed by atoms with E-state index in [1.807, 2.05) is 13.8 Å². The van der Waals surface area contributed by atoms with Crippen molar-refractivity contribution in [3.8, 4) is 0 Å². The van der Waals surface area contributed by atoms with Crippen molar-refractivity contribution in [1.29, 1.82) is 0 Å². The molecule has 1 heterocycles. The van der Waals surface area contributed by atoms with Gasteiger partial charge in [0.15, 0.2) is 9.84 Å². The summed E-state index contributed by atoms with van der Waals surface area (Å²) in [5, 5.41) is 18.5. The number of urea groups is 1. The summed E-state index contributed by atoms with van der Waals surface area (Å²) in [7, 11) is -3.40. The molecule has 2 rings (SSSR count). The number of amides is 2. The second kappa shape index (κ2) is 15.0. The number of carboxylic acid groups (broad SMARTS) is 2. The summed E-state index contributed by atoms with van der Waals surface area (Å²) in [5.41, 5.74) is 0. The van der Waals surface area contributed by atoms with Gasteiger partial charge in [0, 0.05) is 50.9 Å². The number of hydrogen-bond donors (Lipinski definition) is 3. The lowest BCUT2D eigenvalue weighted by Gasteiger charge is -2.29. The summed E-state index contributed by atoms with van der Waals surface area (Å²) in [4.78, 5) is 35.7. The third-order valence-corrected chi connectivity index (χ3v) is 6.47. The van der Waals surface area contributed by atoms with Crippen LogP contribution in [-0.2, 0) is 24.2 Å². The van der Waals surface area contributed by atoms with E-state index in [2.05, 4.69) is 10.2 Å². The Labute approximate surface area is 199 Å². The van der Waals surface area contributed by atoms with Crippen molar-refractivity contribution in [3.05, 3.63) is 42.5 Å². The summed E-state index contributed by atoms with van der Waals surface area (Å²) in [5.74, 6) is -2.61. The van der Waals surface area contributed by atoms with Crippen LogP contribution in [-0.4, -0.2) is 104 Å². The molecule has 0 bridgehead atoms. The SMILES string of the molecule is CC(C)N(CCS(=O)(=O)c1ccccc1)C(=O)NCCN1CCOCC1.O=C(O)C=CC(=O)O. The van der Waals surface area contributed by atoms with Crippen LogP contribution in [0.5, 0.6) is 0 Å². The highest BCUT2D eigenvalue weighted by molar-refractivity contribution is 7.91. The Morgan fingerprint density at radius 2 is 1.65 bits per heavy atom. The topological polar surface area (TPSA) is 154 Å². The number of rotatable bonds is 10. The smallest absolute Gasteiger partial charge is 0.328 e. The Kier molecular flexibility index (Phi) is 12.9. The van der Waals surface area contributed by atoms with E-state index in [1.54, 1.807) is 35.2 Å². The van der Waals surface area contributed by atoms with Gasteiger partial charge in [-0.2, -0.15) is 0 Å². The zero-order valence-electron chi connectivity index (χ0n) is 19.4. The normalized spacial score (nSPS) is 14.3. The Hall–Kier alpha value is -2.96. The Morgan fingerprint density at radius 3 is 2.15 bits per heavy atom. The summed E-state index contributed by atoms with van der Waals surface area (Å²) in [6.45, 7) is 8.44. The van der Waals surface area contributed by atoms with E-state index in [-0.39, 0.29) is 29.3 Å². The standard InChI is InChI=1S/C18H29N3O4S.C4H4O4/c1-16(2)21(12-15-26(23,24)17-6-4-3-5-7-17)18(22)19-8-9-20-10-13-25-14-11-20;5-3(6)1-2-4(7)8/h3-7,16H,8-15H2,1-2H3,(H,19,22);1-2H,(H,5,6)(H,7,8). The number of hydrogen-bond acceptors (Lipinski definition) is 7. The van der Waals surface area contributed by atoms with E-state index in [0.29, 0.717) is 18.7 Å². The van der Waals surface area contributed by atoms with Crippen molar-refractivity contribution >= 4 is 27.8 Å². The molecular formula is C22H33N3O8S. The van der Waals surface area contributed by atoms with Crippen molar-refractivity contribution in [1.82, 2.24) is 15.1 Å². The van der Waals surface area contributed by atoms with Gasteiger partial charge in [0.05, 0.1) is 23.9 Å². The first-order valence-corrected chi connectivity index (χ1v) is 12.4. The number of carbonyl (C=O) groups is 3. The molecule has 190 valence electrons. The molecule has 11 nitrogen and oxygen atoms in total. The molecule has 1 aromatic carbocycles. The number of benzene rings is 1. The van der Waals surface area contributed by atoms with E-state index >= 15 is 0 Å². The van der Waals surface area contributed by atoms with Crippen LogP contribution < -0.4 is 5.32 Å². The minimum atomic E-state index is -3.40. The van der Waals surface area contributed by atoms with Crippen molar-refractivity contribution in [2.45, 2.75) is 24.8 Å². The molecule has 0 saturated carbocycles. The lowest BCUT2D eigenvalue weighted by atomic mass is 10.3. The third kappa shape index (κ3) is 11.8. The van der Waals surface area contributed by atoms with Crippen molar-refractivity contribution in [2.24, 2.45) is 0 Å². The second-order valence-corrected chi connectivity index (χ2v) is 9.72. The number of ether oxygens (including phenoxy) is 1. The average molecular weight is 500 g/mol. The van der Waals surface area contributed by atoms with E-state index in [0.717, 1.165) is 32.8 Å². The predicted octanol–water partition coefficient (Wildman–Crippen LogP) is 0.924. The molecule has 0 aromatic heterocycles. The molecule has 1 saturated heterocycles. The number of sulfone groups is 1. The van der Waals surface area contributed by atoms with Crippen LogP contribution in [0.25, 0.3) is 0 Å². The minimum absolute atomic E-state index is 0.0793. The molecule has 1 aliphatic heterocycles. The van der Waals surface area contributed by atoms with Crippen molar-refractivity contribution < 1.29 is 37.8 Å². The minimum Gasteiger partial charge on any atom is -0.478 e. The average Bonchev–Trinajstić information content (AvgIpc) is 2.79. The lowest BCUT2D eigenvalue weighted by molar-refractivity contribution is -0.134. The van der Waals surface area contributed by atoms with Gasteiger partial charge in [0.1, 0.15) is 0 Å². The van der Waals surface area contributed by atoms with Gasteiger partial charge in [-0.25, -0.2) is 22.8 Å². The molecule has 0 atom stereocenters. The molecule has 34 heavy (non-hydrogen) atoms. The van der Waals surface area contributed by atoms with E-state index in [1.165, 1.54) is 0 Å². The van der Waals surface area contributed by atoms with Gasteiger partial charge in [0.25, 0.3) is 0 Å². The molecule has 1 aliphatic rings. The van der Waals surface area contributed by atoms with Crippen molar-refractivity contribution in [3.63, 3.8) is 0 Å². The lowest BCUT2D eigenvalue weighted by Crippen LogP contribution is -2.48. The Morgan fingerprint density at radius 1 is 1.09 bits per heavy atom. The van der Waals surface area contributed by atoms with Gasteiger partial charge in [0.2, 0.25) is 0 Å². The quantitative estimate of drug-likeness (QED) is 0.399. The van der Waals surface area contributed by atoms with Gasteiger partial charge in [-0.1, -0.05) is 18.2 Å². The maximum atomic E-state index is 12.5. The first-order valence-electron chi connectivity index (χ1n) is 10.8. The number of nitrogens with zero attached hydrogens (tertiary/aromatic N) is 2. The third-order valence-electron chi connectivity index (χ3n) is 4.76. The largest absolute Gasteiger partial charge is 0.478 e. The number of carboxylic acids is 2. The van der Waals surface area contributed by atoms with Crippen molar-refractivity contribution in [2.75, 3.05) is 51.7 Å². The molecule has 1 fully saturated rings. The van der Waals surface area contributed by atoms with Crippen LogP contribution in [0.4, 0.5) is 4.79 Å². The van der Waals surface area contributed by atoms with Gasteiger partial charge >= 0.3 is 18.0 Å². The van der Waals surface area contributed by atoms with Gasteiger partial charge < -0.3 is 25.2 Å². The molecule has 0 spiro atoms. The zero-order valence-corrected chi connectivity index (χ0v) is 20.2. The molecule has 0 unspecified atom stereocenters. The highest BCUT2D eigenvalue weighted by Crippen LogP contribution is 2.11. The molecule has 1 aromatic rings. The number of carbonyl (C=O) groups excluding carboxylic acids is 1. The summed E-state index contributed by atoms with van der Waals surface area (Å²) in [6, 6.07) is 8.04. The fourth-order valence-electron chi connectivity index (χ4n) is 2.95. The number of nitrogens with one attached hydrogen (secondary N) is 1. The van der Waals surface area contributed by atoms with Gasteiger partial charge in [-0.3, -0.25) is 4.90 Å². The van der Waals surface area contributed by atoms with Crippen LogP contribution in [0.3, 0.4) is 0 Å². The van der Waals surface area contributed by atoms with Crippen LogP contribution in [0, 0.1) is 0 Å². The number of morpholine rings is 1. The zero-order chi connectivity index (χ0) is 25.6. The fourth-order valence-corrected chi connectivity index (χ4v) is 4.19. The summed E-state index contributed by atoms with van der Waals surface area (Å²) >= 11 is 0.